The Bertz CT molecular complexity index is 620. The van der Waals surface area contributed by atoms with Gasteiger partial charge < -0.3 is 15.2 Å². The van der Waals surface area contributed by atoms with Crippen LogP contribution in [0.5, 0.6) is 5.75 Å². The Hall–Kier alpha value is -2.33. The quantitative estimate of drug-likeness (QED) is 0.825. The van der Waals surface area contributed by atoms with Crippen molar-refractivity contribution in [2.24, 2.45) is 0 Å². The molecule has 1 unspecified atom stereocenters. The number of aliphatic hydroxyl groups excluding tert-OH is 1. The molecule has 0 bridgehead atoms. The number of amides is 1. The normalized spacial score (nSPS) is 11.8. The Morgan fingerprint density at radius 3 is 2.39 bits per heavy atom. The molecule has 122 valence electrons. The topological polar surface area (TPSA) is 58.6 Å². The summed E-state index contributed by atoms with van der Waals surface area (Å²) < 4.78 is 5.59. The highest BCUT2D eigenvalue weighted by atomic mass is 16.5. The van der Waals surface area contributed by atoms with Gasteiger partial charge in [0.25, 0.3) is 5.91 Å². The van der Waals surface area contributed by atoms with Gasteiger partial charge in [0.15, 0.2) is 6.61 Å². The minimum Gasteiger partial charge on any atom is -0.483 e. The second-order valence-electron chi connectivity index (χ2n) is 5.66. The van der Waals surface area contributed by atoms with Crippen LogP contribution in [-0.2, 0) is 11.2 Å². The molecule has 0 saturated heterocycles. The van der Waals surface area contributed by atoms with Crippen LogP contribution in [0.25, 0.3) is 0 Å². The van der Waals surface area contributed by atoms with E-state index in [1.807, 2.05) is 62.4 Å². The van der Waals surface area contributed by atoms with Gasteiger partial charge in [0.2, 0.25) is 0 Å². The van der Waals surface area contributed by atoms with Crippen LogP contribution < -0.4 is 10.1 Å². The number of hydrogen-bond acceptors (Lipinski definition) is 3. The third-order valence-corrected chi connectivity index (χ3v) is 3.61. The van der Waals surface area contributed by atoms with Crippen molar-refractivity contribution in [3.63, 3.8) is 0 Å². The fourth-order valence-electron chi connectivity index (χ4n) is 2.41. The fourth-order valence-corrected chi connectivity index (χ4v) is 2.41. The van der Waals surface area contributed by atoms with E-state index in [2.05, 4.69) is 5.32 Å². The highest BCUT2D eigenvalue weighted by Crippen LogP contribution is 2.21. The third-order valence-electron chi connectivity index (χ3n) is 3.61. The summed E-state index contributed by atoms with van der Waals surface area (Å²) in [4.78, 5) is 11.8. The van der Waals surface area contributed by atoms with Crippen LogP contribution in [-0.4, -0.2) is 30.3 Å². The number of carbonyl (C=O) groups excluding carboxylic acids is 1. The van der Waals surface area contributed by atoms with Gasteiger partial charge in [0.05, 0.1) is 6.10 Å². The van der Waals surface area contributed by atoms with Crippen LogP contribution in [0.2, 0.25) is 0 Å². The number of rotatable bonds is 7. The van der Waals surface area contributed by atoms with Gasteiger partial charge in [-0.2, -0.15) is 0 Å². The summed E-state index contributed by atoms with van der Waals surface area (Å²) in [5.41, 5.74) is 3.05. The fraction of sp³-hybridized carbons (Fsp3) is 0.316. The molecular formula is C19H23NO3. The Labute approximate surface area is 137 Å². The Morgan fingerprint density at radius 2 is 1.74 bits per heavy atom. The molecule has 0 fully saturated rings. The monoisotopic (exact) mass is 313 g/mol. The number of aliphatic hydroxyl groups is 1. The van der Waals surface area contributed by atoms with Crippen molar-refractivity contribution in [1.29, 1.82) is 0 Å². The number of benzene rings is 2. The molecule has 2 aromatic carbocycles. The van der Waals surface area contributed by atoms with Crippen LogP contribution >= 0.6 is 0 Å². The van der Waals surface area contributed by atoms with Crippen molar-refractivity contribution in [2.75, 3.05) is 13.2 Å². The molecular weight excluding hydrogens is 290 g/mol. The zero-order chi connectivity index (χ0) is 16.7. The Morgan fingerprint density at radius 1 is 1.09 bits per heavy atom. The van der Waals surface area contributed by atoms with E-state index in [0.717, 1.165) is 22.4 Å². The van der Waals surface area contributed by atoms with E-state index in [1.54, 1.807) is 0 Å². The Kier molecular flexibility index (Phi) is 6.18. The molecule has 0 spiro atoms. The highest BCUT2D eigenvalue weighted by Gasteiger charge is 2.10. The summed E-state index contributed by atoms with van der Waals surface area (Å²) in [6.07, 6.45) is -0.0969. The average molecular weight is 313 g/mol. The van der Waals surface area contributed by atoms with Crippen molar-refractivity contribution in [3.8, 4) is 5.75 Å². The lowest BCUT2D eigenvalue weighted by Gasteiger charge is -2.14. The first kappa shape index (κ1) is 17.0. The van der Waals surface area contributed by atoms with Crippen LogP contribution in [0, 0.1) is 13.8 Å². The maximum Gasteiger partial charge on any atom is 0.258 e. The van der Waals surface area contributed by atoms with Crippen molar-refractivity contribution in [3.05, 3.63) is 65.2 Å². The predicted octanol–water partition coefficient (Wildman–Crippen LogP) is 2.40. The summed E-state index contributed by atoms with van der Waals surface area (Å²) in [6, 6.07) is 15.6. The van der Waals surface area contributed by atoms with Gasteiger partial charge in [-0.1, -0.05) is 48.5 Å². The number of para-hydroxylation sites is 1. The molecule has 4 heteroatoms. The number of hydrogen-bond donors (Lipinski definition) is 2. The molecule has 0 aromatic heterocycles. The first-order valence-electron chi connectivity index (χ1n) is 7.74. The van der Waals surface area contributed by atoms with Gasteiger partial charge in [-0.25, -0.2) is 0 Å². The van der Waals surface area contributed by atoms with E-state index in [9.17, 15) is 9.90 Å². The lowest BCUT2D eigenvalue weighted by atomic mass is 10.1. The number of ether oxygens (including phenoxy) is 1. The zero-order valence-corrected chi connectivity index (χ0v) is 13.6. The number of carbonyl (C=O) groups is 1. The van der Waals surface area contributed by atoms with Crippen molar-refractivity contribution in [2.45, 2.75) is 26.4 Å². The second kappa shape index (κ2) is 8.34. The summed E-state index contributed by atoms with van der Waals surface area (Å²) in [5, 5.41) is 12.7. The van der Waals surface area contributed by atoms with E-state index in [1.165, 1.54) is 0 Å². The minimum absolute atomic E-state index is 0.0518. The molecule has 2 rings (SSSR count). The molecule has 0 aliphatic rings. The van der Waals surface area contributed by atoms with Crippen LogP contribution in [0.15, 0.2) is 48.5 Å². The number of nitrogens with one attached hydrogen (secondary N) is 1. The van der Waals surface area contributed by atoms with Gasteiger partial charge in [-0.15, -0.1) is 0 Å². The third kappa shape index (κ3) is 5.42. The summed E-state index contributed by atoms with van der Waals surface area (Å²) >= 11 is 0. The zero-order valence-electron chi connectivity index (χ0n) is 13.6. The van der Waals surface area contributed by atoms with Gasteiger partial charge in [0, 0.05) is 13.0 Å². The number of aryl methyl sites for hydroxylation is 2. The SMILES string of the molecule is Cc1cccc(C)c1OCC(=O)NCC(O)Cc1ccccc1. The summed E-state index contributed by atoms with van der Waals surface area (Å²) in [6.45, 7) is 4.06. The van der Waals surface area contributed by atoms with Gasteiger partial charge in [-0.3, -0.25) is 4.79 Å². The molecule has 2 N–H and O–H groups in total. The lowest BCUT2D eigenvalue weighted by Crippen LogP contribution is -2.36. The lowest BCUT2D eigenvalue weighted by molar-refractivity contribution is -0.123. The van der Waals surface area contributed by atoms with E-state index in [4.69, 9.17) is 4.74 Å². The minimum atomic E-state index is -0.610. The van der Waals surface area contributed by atoms with Gasteiger partial charge in [-0.05, 0) is 30.5 Å². The molecule has 4 nitrogen and oxygen atoms in total. The molecule has 0 heterocycles. The molecule has 0 aliphatic carbocycles. The summed E-state index contributed by atoms with van der Waals surface area (Å²) in [5.74, 6) is 0.507. The largest absolute Gasteiger partial charge is 0.483 e. The van der Waals surface area contributed by atoms with Crippen LogP contribution in [0.1, 0.15) is 16.7 Å². The molecule has 0 radical (unpaired) electrons. The molecule has 0 saturated carbocycles. The second-order valence-corrected chi connectivity index (χ2v) is 5.66. The van der Waals surface area contributed by atoms with Crippen molar-refractivity contribution < 1.29 is 14.6 Å². The highest BCUT2D eigenvalue weighted by molar-refractivity contribution is 5.77. The molecule has 1 amide bonds. The van der Waals surface area contributed by atoms with Crippen molar-refractivity contribution >= 4 is 5.91 Å². The Balaban J connectivity index is 1.75. The first-order valence-corrected chi connectivity index (χ1v) is 7.74. The van der Waals surface area contributed by atoms with E-state index in [0.29, 0.717) is 6.42 Å². The van der Waals surface area contributed by atoms with E-state index >= 15 is 0 Å². The average Bonchev–Trinajstić information content (AvgIpc) is 2.53. The maximum absolute atomic E-state index is 11.8. The van der Waals surface area contributed by atoms with Gasteiger partial charge >= 0.3 is 0 Å². The van der Waals surface area contributed by atoms with Gasteiger partial charge in [0.1, 0.15) is 5.75 Å². The summed E-state index contributed by atoms with van der Waals surface area (Å²) in [7, 11) is 0. The first-order chi connectivity index (χ1) is 11.1. The molecule has 2 aromatic rings. The predicted molar refractivity (Wildman–Crippen MR) is 90.6 cm³/mol. The van der Waals surface area contributed by atoms with Crippen LogP contribution in [0.4, 0.5) is 0 Å². The standard InChI is InChI=1S/C19H23NO3/c1-14-7-6-8-15(2)19(14)23-13-18(22)20-12-17(21)11-16-9-4-3-5-10-16/h3-10,17,21H,11-13H2,1-2H3,(H,20,22). The van der Waals surface area contributed by atoms with Crippen molar-refractivity contribution in [1.82, 2.24) is 5.32 Å². The maximum atomic E-state index is 11.8. The van der Waals surface area contributed by atoms with E-state index < -0.39 is 6.10 Å². The van der Waals surface area contributed by atoms with E-state index in [-0.39, 0.29) is 19.1 Å². The smallest absolute Gasteiger partial charge is 0.258 e. The molecule has 0 aliphatic heterocycles. The van der Waals surface area contributed by atoms with Crippen LogP contribution in [0.3, 0.4) is 0 Å². The molecule has 1 atom stereocenters. The molecule has 23 heavy (non-hydrogen) atoms.